The van der Waals surface area contributed by atoms with Gasteiger partial charge in [0.2, 0.25) is 5.91 Å². The number of nitrogens with two attached hydrogens (primary N) is 1. The molecule has 1 aromatic rings. The first-order valence-corrected chi connectivity index (χ1v) is 5.91. The summed E-state index contributed by atoms with van der Waals surface area (Å²) in [6.45, 7) is 8.54. The quantitative estimate of drug-likeness (QED) is 0.841. The Morgan fingerprint density at radius 2 is 1.76 bits per heavy atom. The lowest BCUT2D eigenvalue weighted by Gasteiger charge is -2.21. The topological polar surface area (TPSA) is 55.1 Å². The molecule has 0 saturated carbocycles. The highest BCUT2D eigenvalue weighted by molar-refractivity contribution is 5.91. The van der Waals surface area contributed by atoms with Crippen molar-refractivity contribution in [1.82, 2.24) is 0 Å². The maximum absolute atomic E-state index is 11.8. The summed E-state index contributed by atoms with van der Waals surface area (Å²) in [6, 6.07) is 6.03. The molecule has 0 atom stereocenters. The highest BCUT2D eigenvalue weighted by atomic mass is 16.1. The standard InChI is InChI=1S/C14H22N2O/c1-10-5-11(2)7-12(6-10)16-13(17)8-14(3,4)9-15/h5-7H,8-9,15H2,1-4H3,(H,16,17). The van der Waals surface area contributed by atoms with Crippen LogP contribution < -0.4 is 11.1 Å². The minimum absolute atomic E-state index is 0.0189. The average molecular weight is 234 g/mol. The number of amides is 1. The van der Waals surface area contributed by atoms with E-state index >= 15 is 0 Å². The van der Waals surface area contributed by atoms with Crippen LogP contribution in [0.4, 0.5) is 5.69 Å². The van der Waals surface area contributed by atoms with E-state index in [1.807, 2.05) is 39.8 Å². The third-order valence-electron chi connectivity index (χ3n) is 2.70. The molecular weight excluding hydrogens is 212 g/mol. The van der Waals surface area contributed by atoms with Gasteiger partial charge in [-0.1, -0.05) is 19.9 Å². The first-order chi connectivity index (χ1) is 7.82. The largest absolute Gasteiger partial charge is 0.330 e. The van der Waals surface area contributed by atoms with Crippen molar-refractivity contribution in [2.45, 2.75) is 34.1 Å². The summed E-state index contributed by atoms with van der Waals surface area (Å²) < 4.78 is 0. The van der Waals surface area contributed by atoms with Crippen LogP contribution in [0.25, 0.3) is 0 Å². The van der Waals surface area contributed by atoms with Crippen molar-refractivity contribution in [2.75, 3.05) is 11.9 Å². The zero-order valence-electron chi connectivity index (χ0n) is 11.1. The summed E-state index contributed by atoms with van der Waals surface area (Å²) in [6.07, 6.45) is 0.441. The van der Waals surface area contributed by atoms with E-state index in [1.165, 1.54) is 0 Å². The molecule has 0 heterocycles. The van der Waals surface area contributed by atoms with Gasteiger partial charge in [0.25, 0.3) is 0 Å². The number of hydrogen-bond acceptors (Lipinski definition) is 2. The molecule has 0 aliphatic rings. The second kappa shape index (κ2) is 5.32. The van der Waals surface area contributed by atoms with Crippen LogP contribution in [0, 0.1) is 19.3 Å². The normalized spacial score (nSPS) is 11.4. The van der Waals surface area contributed by atoms with Gasteiger partial charge in [-0.3, -0.25) is 4.79 Å². The summed E-state index contributed by atoms with van der Waals surface area (Å²) in [5.41, 5.74) is 8.63. The molecule has 0 aromatic heterocycles. The third-order valence-corrected chi connectivity index (χ3v) is 2.70. The minimum atomic E-state index is -0.150. The van der Waals surface area contributed by atoms with E-state index in [4.69, 9.17) is 5.73 Å². The number of benzene rings is 1. The fraction of sp³-hybridized carbons (Fsp3) is 0.500. The molecule has 3 heteroatoms. The predicted octanol–water partition coefficient (Wildman–Crippen LogP) is 2.62. The lowest BCUT2D eigenvalue weighted by Crippen LogP contribution is -2.29. The van der Waals surface area contributed by atoms with E-state index in [0.29, 0.717) is 13.0 Å². The van der Waals surface area contributed by atoms with E-state index in [2.05, 4.69) is 11.4 Å². The van der Waals surface area contributed by atoms with Gasteiger partial charge < -0.3 is 11.1 Å². The SMILES string of the molecule is Cc1cc(C)cc(NC(=O)CC(C)(C)CN)c1. The second-order valence-electron chi connectivity index (χ2n) is 5.47. The molecule has 17 heavy (non-hydrogen) atoms. The monoisotopic (exact) mass is 234 g/mol. The van der Waals surface area contributed by atoms with Gasteiger partial charge >= 0.3 is 0 Å². The van der Waals surface area contributed by atoms with Crippen LogP contribution in [0.15, 0.2) is 18.2 Å². The average Bonchev–Trinajstić information content (AvgIpc) is 2.14. The Kier molecular flexibility index (Phi) is 4.29. The summed E-state index contributed by atoms with van der Waals surface area (Å²) in [5, 5.41) is 2.92. The lowest BCUT2D eigenvalue weighted by molar-refractivity contribution is -0.117. The number of aryl methyl sites for hydroxylation is 2. The highest BCUT2D eigenvalue weighted by Gasteiger charge is 2.20. The summed E-state index contributed by atoms with van der Waals surface area (Å²) in [7, 11) is 0. The van der Waals surface area contributed by atoms with Gasteiger partial charge in [-0.2, -0.15) is 0 Å². The van der Waals surface area contributed by atoms with Crippen molar-refractivity contribution < 1.29 is 4.79 Å². The zero-order chi connectivity index (χ0) is 13.1. The molecule has 3 N–H and O–H groups in total. The minimum Gasteiger partial charge on any atom is -0.330 e. The highest BCUT2D eigenvalue weighted by Crippen LogP contribution is 2.20. The van der Waals surface area contributed by atoms with Crippen LogP contribution in [0.2, 0.25) is 0 Å². The van der Waals surface area contributed by atoms with E-state index in [9.17, 15) is 4.79 Å². The van der Waals surface area contributed by atoms with Gasteiger partial charge in [-0.05, 0) is 49.1 Å². The Bertz CT molecular complexity index is 390. The van der Waals surface area contributed by atoms with Gasteiger partial charge in [0.15, 0.2) is 0 Å². The van der Waals surface area contributed by atoms with Crippen LogP contribution >= 0.6 is 0 Å². The molecule has 0 saturated heterocycles. The molecular formula is C14H22N2O. The lowest BCUT2D eigenvalue weighted by atomic mass is 9.89. The smallest absolute Gasteiger partial charge is 0.224 e. The molecule has 0 aliphatic heterocycles. The van der Waals surface area contributed by atoms with Crippen LogP contribution in [-0.4, -0.2) is 12.5 Å². The second-order valence-corrected chi connectivity index (χ2v) is 5.47. The molecule has 0 unspecified atom stereocenters. The van der Waals surface area contributed by atoms with E-state index < -0.39 is 0 Å². The van der Waals surface area contributed by atoms with Crippen LogP contribution in [0.1, 0.15) is 31.4 Å². The molecule has 94 valence electrons. The number of carbonyl (C=O) groups excluding carboxylic acids is 1. The molecule has 0 bridgehead atoms. The number of hydrogen-bond donors (Lipinski definition) is 2. The molecule has 1 amide bonds. The van der Waals surface area contributed by atoms with Crippen molar-refractivity contribution in [3.63, 3.8) is 0 Å². The Labute approximate surface area is 103 Å². The summed E-state index contributed by atoms with van der Waals surface area (Å²) in [4.78, 5) is 11.8. The fourth-order valence-electron chi connectivity index (χ4n) is 1.76. The van der Waals surface area contributed by atoms with Gasteiger partial charge in [-0.15, -0.1) is 0 Å². The molecule has 1 rings (SSSR count). The maximum atomic E-state index is 11.8. The Hall–Kier alpha value is -1.35. The first-order valence-electron chi connectivity index (χ1n) is 5.91. The van der Waals surface area contributed by atoms with Gasteiger partial charge in [0.05, 0.1) is 0 Å². The van der Waals surface area contributed by atoms with E-state index in [-0.39, 0.29) is 11.3 Å². The maximum Gasteiger partial charge on any atom is 0.224 e. The molecule has 0 radical (unpaired) electrons. The molecule has 0 fully saturated rings. The predicted molar refractivity (Wildman–Crippen MR) is 72.0 cm³/mol. The number of carbonyl (C=O) groups is 1. The van der Waals surface area contributed by atoms with Crippen molar-refractivity contribution >= 4 is 11.6 Å². The number of rotatable bonds is 4. The van der Waals surface area contributed by atoms with Gasteiger partial charge in [0, 0.05) is 12.1 Å². The first kappa shape index (κ1) is 13.7. The molecule has 0 spiro atoms. The Balaban J connectivity index is 2.68. The fourth-order valence-corrected chi connectivity index (χ4v) is 1.76. The van der Waals surface area contributed by atoms with Crippen molar-refractivity contribution in [2.24, 2.45) is 11.1 Å². The van der Waals surface area contributed by atoms with Gasteiger partial charge in [0.1, 0.15) is 0 Å². The molecule has 0 aliphatic carbocycles. The number of anilines is 1. The summed E-state index contributed by atoms with van der Waals surface area (Å²) in [5.74, 6) is 0.0189. The number of nitrogens with one attached hydrogen (secondary N) is 1. The Morgan fingerprint density at radius 3 is 2.24 bits per heavy atom. The van der Waals surface area contributed by atoms with E-state index in [1.54, 1.807) is 0 Å². The van der Waals surface area contributed by atoms with Gasteiger partial charge in [-0.25, -0.2) is 0 Å². The van der Waals surface area contributed by atoms with Crippen molar-refractivity contribution in [1.29, 1.82) is 0 Å². The zero-order valence-corrected chi connectivity index (χ0v) is 11.1. The third kappa shape index (κ3) is 4.57. The van der Waals surface area contributed by atoms with Crippen molar-refractivity contribution in [3.05, 3.63) is 29.3 Å². The Morgan fingerprint density at radius 1 is 1.24 bits per heavy atom. The molecule has 1 aromatic carbocycles. The van der Waals surface area contributed by atoms with Crippen LogP contribution in [0.3, 0.4) is 0 Å². The van der Waals surface area contributed by atoms with E-state index in [0.717, 1.165) is 16.8 Å². The van der Waals surface area contributed by atoms with Crippen LogP contribution in [-0.2, 0) is 4.79 Å². The van der Waals surface area contributed by atoms with Crippen LogP contribution in [0.5, 0.6) is 0 Å². The van der Waals surface area contributed by atoms with Crippen molar-refractivity contribution in [3.8, 4) is 0 Å². The molecule has 3 nitrogen and oxygen atoms in total. The summed E-state index contributed by atoms with van der Waals surface area (Å²) >= 11 is 0.